The Bertz CT molecular complexity index is 3910. The summed E-state index contributed by atoms with van der Waals surface area (Å²) in [6, 6.07) is 88.2. The van der Waals surface area contributed by atoms with E-state index in [1.807, 2.05) is 18.2 Å². The summed E-state index contributed by atoms with van der Waals surface area (Å²) in [5.74, 6) is 1.79. The lowest BCUT2D eigenvalue weighted by Crippen LogP contribution is -2.04. The van der Waals surface area contributed by atoms with Gasteiger partial charge in [-0.15, -0.1) is 0 Å². The van der Waals surface area contributed by atoms with Crippen LogP contribution >= 0.6 is 0 Å². The van der Waals surface area contributed by atoms with Crippen LogP contribution in [0.3, 0.4) is 0 Å². The number of para-hydroxylation sites is 4. The van der Waals surface area contributed by atoms with E-state index in [0.29, 0.717) is 17.5 Å². The Morgan fingerprint density at radius 2 is 0.618 bits per heavy atom. The number of benzene rings is 10. The molecular weight excluding hydrogens is 827 g/mol. The Hall–Kier alpha value is -9.19. The van der Waals surface area contributed by atoms with Crippen LogP contribution in [0, 0.1) is 0 Å². The second-order valence-corrected chi connectivity index (χ2v) is 17.2. The van der Waals surface area contributed by atoms with Crippen LogP contribution in [-0.4, -0.2) is 24.1 Å². The van der Waals surface area contributed by atoms with E-state index in [1.54, 1.807) is 0 Å². The maximum atomic E-state index is 5.47. The van der Waals surface area contributed by atoms with Gasteiger partial charge in [-0.2, -0.15) is 0 Å². The van der Waals surface area contributed by atoms with Crippen molar-refractivity contribution in [2.45, 2.75) is 0 Å². The fraction of sp³-hybridized carbons (Fsp3) is 0. The minimum atomic E-state index is 0.590. The molecule has 5 nitrogen and oxygen atoms in total. The van der Waals surface area contributed by atoms with Crippen LogP contribution in [0.4, 0.5) is 0 Å². The quantitative estimate of drug-likeness (QED) is 0.153. The molecule has 3 aromatic heterocycles. The molecule has 0 aliphatic carbocycles. The maximum Gasteiger partial charge on any atom is 0.166 e. The molecule has 3 heterocycles. The second-order valence-electron chi connectivity index (χ2n) is 17.2. The van der Waals surface area contributed by atoms with Gasteiger partial charge in [0.05, 0.1) is 33.4 Å². The summed E-state index contributed by atoms with van der Waals surface area (Å²) in [6.45, 7) is 0. The van der Waals surface area contributed by atoms with Gasteiger partial charge in [0.15, 0.2) is 17.5 Å². The highest BCUT2D eigenvalue weighted by Crippen LogP contribution is 2.41. The lowest BCUT2D eigenvalue weighted by atomic mass is 9.96. The minimum absolute atomic E-state index is 0.590. The first-order chi connectivity index (χ1) is 33.7. The van der Waals surface area contributed by atoms with Crippen LogP contribution in [0.1, 0.15) is 0 Å². The summed E-state index contributed by atoms with van der Waals surface area (Å²) in [5.41, 5.74) is 16.0. The van der Waals surface area contributed by atoms with E-state index in [4.69, 9.17) is 15.0 Å². The topological polar surface area (TPSA) is 48.5 Å². The molecule has 5 heteroatoms. The molecule has 10 aromatic carbocycles. The summed E-state index contributed by atoms with van der Waals surface area (Å²) < 4.78 is 4.78. The van der Waals surface area contributed by atoms with Crippen molar-refractivity contribution in [3.05, 3.63) is 249 Å². The molecule has 0 fully saturated rings. The number of aromatic nitrogens is 5. The van der Waals surface area contributed by atoms with Crippen LogP contribution in [0.2, 0.25) is 0 Å². The maximum absolute atomic E-state index is 5.47. The van der Waals surface area contributed by atoms with E-state index in [2.05, 4.69) is 240 Å². The minimum Gasteiger partial charge on any atom is -0.309 e. The van der Waals surface area contributed by atoms with E-state index in [9.17, 15) is 0 Å². The molecule has 0 spiro atoms. The van der Waals surface area contributed by atoms with Crippen molar-refractivity contribution in [3.63, 3.8) is 0 Å². The molecule has 0 aliphatic heterocycles. The van der Waals surface area contributed by atoms with Gasteiger partial charge in [0.2, 0.25) is 0 Å². The summed E-state index contributed by atoms with van der Waals surface area (Å²) in [6.07, 6.45) is 0. The first-order valence-electron chi connectivity index (χ1n) is 23.0. The fourth-order valence-corrected chi connectivity index (χ4v) is 10.0. The van der Waals surface area contributed by atoms with Gasteiger partial charge in [0, 0.05) is 43.8 Å². The van der Waals surface area contributed by atoms with Crippen molar-refractivity contribution in [2.75, 3.05) is 0 Å². The molecule has 0 amide bonds. The van der Waals surface area contributed by atoms with Gasteiger partial charge in [-0.05, 0) is 76.3 Å². The standard InChI is InChI=1S/C63H41N5/c1-4-19-42(20-5-1)45-36-38-59(67-55-31-14-10-27-50(55)51-28-11-15-32-56(51)67)54(40-45)63-65-61(44-23-8-3-9-24-44)64-62(66-63)48-26-18-25-47(39-48)49-37-35-46(43-21-6-2-7-22-43)41-60(49)68-57-33-16-12-29-52(57)53-30-13-17-34-58(53)68/h1-41H. The predicted molar refractivity (Wildman–Crippen MR) is 281 cm³/mol. The van der Waals surface area contributed by atoms with Crippen molar-refractivity contribution in [2.24, 2.45) is 0 Å². The largest absolute Gasteiger partial charge is 0.309 e. The highest BCUT2D eigenvalue weighted by atomic mass is 15.1. The van der Waals surface area contributed by atoms with Gasteiger partial charge < -0.3 is 9.13 Å². The first-order valence-corrected chi connectivity index (χ1v) is 23.0. The highest BCUT2D eigenvalue weighted by molar-refractivity contribution is 6.11. The van der Waals surface area contributed by atoms with Gasteiger partial charge in [0.25, 0.3) is 0 Å². The molecule has 0 saturated carbocycles. The van der Waals surface area contributed by atoms with Crippen molar-refractivity contribution < 1.29 is 0 Å². The fourth-order valence-electron chi connectivity index (χ4n) is 10.0. The molecule has 0 aliphatic rings. The van der Waals surface area contributed by atoms with Crippen LogP contribution < -0.4 is 0 Å². The molecule has 13 aromatic rings. The summed E-state index contributed by atoms with van der Waals surface area (Å²) >= 11 is 0. The van der Waals surface area contributed by atoms with Gasteiger partial charge in [-0.3, -0.25) is 0 Å². The molecule has 0 unspecified atom stereocenters. The zero-order valence-corrected chi connectivity index (χ0v) is 36.9. The molecular formula is C63H41N5. The Morgan fingerprint density at radius 1 is 0.221 bits per heavy atom. The summed E-state index contributed by atoms with van der Waals surface area (Å²) in [5, 5.41) is 4.82. The molecule has 13 rings (SSSR count). The van der Waals surface area contributed by atoms with Crippen LogP contribution in [-0.2, 0) is 0 Å². The monoisotopic (exact) mass is 867 g/mol. The molecule has 0 atom stereocenters. The molecule has 318 valence electrons. The van der Waals surface area contributed by atoms with Crippen LogP contribution in [0.15, 0.2) is 249 Å². The van der Waals surface area contributed by atoms with Crippen LogP contribution in [0.25, 0.3) is 123 Å². The SMILES string of the molecule is c1ccc(-c2ccc(-n3c4ccccc4c4ccccc43)c(-c3nc(-c4ccccc4)nc(-c4cccc(-c5ccc(-c6ccccc6)cc5-n5c6ccccc6c6ccccc65)c4)n3)c2)cc1. The smallest absolute Gasteiger partial charge is 0.166 e. The van der Waals surface area contributed by atoms with Gasteiger partial charge >= 0.3 is 0 Å². The van der Waals surface area contributed by atoms with Crippen molar-refractivity contribution in [1.82, 2.24) is 24.1 Å². The van der Waals surface area contributed by atoms with Gasteiger partial charge in [0.1, 0.15) is 0 Å². The predicted octanol–water partition coefficient (Wildman–Crippen LogP) is 16.1. The number of fused-ring (bicyclic) bond motifs is 6. The Labute approximate surface area is 393 Å². The zero-order valence-electron chi connectivity index (χ0n) is 36.9. The van der Waals surface area contributed by atoms with Crippen molar-refractivity contribution in [3.8, 4) is 78.9 Å². The Morgan fingerprint density at radius 3 is 1.16 bits per heavy atom. The highest BCUT2D eigenvalue weighted by Gasteiger charge is 2.22. The average molecular weight is 868 g/mol. The third-order valence-corrected chi connectivity index (χ3v) is 13.2. The van der Waals surface area contributed by atoms with Crippen LogP contribution in [0.5, 0.6) is 0 Å². The molecule has 0 bridgehead atoms. The van der Waals surface area contributed by atoms with E-state index >= 15 is 0 Å². The van der Waals surface area contributed by atoms with Gasteiger partial charge in [-0.1, -0.05) is 200 Å². The number of hydrogen-bond acceptors (Lipinski definition) is 3. The van der Waals surface area contributed by atoms with Gasteiger partial charge in [-0.25, -0.2) is 15.0 Å². The molecule has 0 saturated heterocycles. The van der Waals surface area contributed by atoms with E-state index < -0.39 is 0 Å². The summed E-state index contributed by atoms with van der Waals surface area (Å²) in [7, 11) is 0. The molecule has 0 N–H and O–H groups in total. The third kappa shape index (κ3) is 6.68. The Kier molecular flexibility index (Phi) is 9.43. The third-order valence-electron chi connectivity index (χ3n) is 13.2. The lowest BCUT2D eigenvalue weighted by molar-refractivity contribution is 1.06. The Balaban J connectivity index is 1.04. The first kappa shape index (κ1) is 39.2. The van der Waals surface area contributed by atoms with E-state index in [1.165, 1.54) is 21.5 Å². The van der Waals surface area contributed by atoms with E-state index in [0.717, 1.165) is 83.5 Å². The van der Waals surface area contributed by atoms with E-state index in [-0.39, 0.29) is 0 Å². The normalized spacial score (nSPS) is 11.5. The molecule has 0 radical (unpaired) electrons. The van der Waals surface area contributed by atoms with Crippen molar-refractivity contribution in [1.29, 1.82) is 0 Å². The number of nitrogens with zero attached hydrogens (tertiary/aromatic N) is 5. The summed E-state index contributed by atoms with van der Waals surface area (Å²) in [4.78, 5) is 16.1. The zero-order chi connectivity index (χ0) is 45.0. The lowest BCUT2D eigenvalue weighted by Gasteiger charge is -2.17. The number of hydrogen-bond donors (Lipinski definition) is 0. The molecule has 68 heavy (non-hydrogen) atoms. The van der Waals surface area contributed by atoms with Crippen molar-refractivity contribution >= 4 is 43.6 Å². The average Bonchev–Trinajstić information content (AvgIpc) is 3.94. The number of rotatable bonds is 8. The second kappa shape index (κ2) is 16.4.